The molecule has 3 rings (SSSR count). The Morgan fingerprint density at radius 3 is 2.50 bits per heavy atom. The molecular weight excluding hydrogens is 482 g/mol. The summed E-state index contributed by atoms with van der Waals surface area (Å²) >= 11 is 6.16. The van der Waals surface area contributed by atoms with Gasteiger partial charge in [0.05, 0.1) is 48.1 Å². The summed E-state index contributed by atoms with van der Waals surface area (Å²) in [6, 6.07) is 13.1. The summed E-state index contributed by atoms with van der Waals surface area (Å²) in [4.78, 5) is 25.8. The van der Waals surface area contributed by atoms with E-state index in [1.165, 1.54) is 38.5 Å². The SMILES string of the molecule is COc1ccc(N(C(C)C(=O)Nc2ccccc2C(=O)NCc2ccco2)S(C)(=O)=O)cc1Cl. The zero-order chi connectivity index (χ0) is 24.9. The van der Waals surface area contributed by atoms with Crippen molar-refractivity contribution in [2.24, 2.45) is 0 Å². The number of rotatable bonds is 9. The first-order valence-electron chi connectivity index (χ1n) is 10.1. The summed E-state index contributed by atoms with van der Waals surface area (Å²) < 4.78 is 36.4. The number of ether oxygens (including phenoxy) is 1. The number of carbonyl (C=O) groups is 2. The third-order valence-corrected chi connectivity index (χ3v) is 6.45. The van der Waals surface area contributed by atoms with Gasteiger partial charge in [0.15, 0.2) is 0 Å². The summed E-state index contributed by atoms with van der Waals surface area (Å²) in [5.41, 5.74) is 0.644. The molecule has 1 atom stereocenters. The first-order valence-corrected chi connectivity index (χ1v) is 12.4. The van der Waals surface area contributed by atoms with E-state index in [0.29, 0.717) is 11.5 Å². The van der Waals surface area contributed by atoms with Gasteiger partial charge in [-0.05, 0) is 49.4 Å². The van der Waals surface area contributed by atoms with Crippen LogP contribution in [0.1, 0.15) is 23.0 Å². The van der Waals surface area contributed by atoms with E-state index in [4.69, 9.17) is 20.8 Å². The molecule has 0 radical (unpaired) electrons. The van der Waals surface area contributed by atoms with Crippen LogP contribution < -0.4 is 19.7 Å². The fourth-order valence-electron chi connectivity index (χ4n) is 3.30. The van der Waals surface area contributed by atoms with Gasteiger partial charge in [-0.25, -0.2) is 8.42 Å². The topological polar surface area (TPSA) is 118 Å². The Kier molecular flexibility index (Phi) is 7.85. The minimum absolute atomic E-state index is 0.171. The van der Waals surface area contributed by atoms with Crippen LogP contribution in [0.2, 0.25) is 5.02 Å². The molecule has 1 aromatic heterocycles. The Bertz CT molecular complexity index is 1280. The molecule has 2 N–H and O–H groups in total. The third-order valence-electron chi connectivity index (χ3n) is 4.91. The number of para-hydroxylation sites is 1. The molecular formula is C23H24ClN3O6S. The van der Waals surface area contributed by atoms with Crippen LogP contribution in [0.25, 0.3) is 0 Å². The van der Waals surface area contributed by atoms with Crippen LogP contribution >= 0.6 is 11.6 Å². The van der Waals surface area contributed by atoms with E-state index in [9.17, 15) is 18.0 Å². The molecule has 11 heteroatoms. The monoisotopic (exact) mass is 505 g/mol. The summed E-state index contributed by atoms with van der Waals surface area (Å²) in [6.45, 7) is 1.61. The molecule has 0 saturated heterocycles. The summed E-state index contributed by atoms with van der Waals surface area (Å²) in [7, 11) is -2.43. The molecule has 1 unspecified atom stereocenters. The fourth-order valence-corrected chi connectivity index (χ4v) is 4.72. The number of nitrogens with zero attached hydrogens (tertiary/aromatic N) is 1. The van der Waals surface area contributed by atoms with Crippen LogP contribution in [0, 0.1) is 0 Å². The van der Waals surface area contributed by atoms with Gasteiger partial charge in [-0.15, -0.1) is 0 Å². The number of hydrogen-bond acceptors (Lipinski definition) is 6. The number of methoxy groups -OCH3 is 1. The zero-order valence-electron chi connectivity index (χ0n) is 18.7. The van der Waals surface area contributed by atoms with E-state index < -0.39 is 27.9 Å². The van der Waals surface area contributed by atoms with E-state index in [1.54, 1.807) is 36.4 Å². The van der Waals surface area contributed by atoms with Crippen LogP contribution in [-0.4, -0.2) is 39.6 Å². The van der Waals surface area contributed by atoms with Crippen molar-refractivity contribution in [3.63, 3.8) is 0 Å². The smallest absolute Gasteiger partial charge is 0.253 e. The zero-order valence-corrected chi connectivity index (χ0v) is 20.3. The van der Waals surface area contributed by atoms with Gasteiger partial charge in [-0.3, -0.25) is 13.9 Å². The highest BCUT2D eigenvalue weighted by molar-refractivity contribution is 7.92. The van der Waals surface area contributed by atoms with Crippen LogP contribution in [0.4, 0.5) is 11.4 Å². The predicted octanol–water partition coefficient (Wildman–Crippen LogP) is 3.66. The fraction of sp³-hybridized carbons (Fsp3) is 0.217. The van der Waals surface area contributed by atoms with Gasteiger partial charge in [0.25, 0.3) is 5.91 Å². The van der Waals surface area contributed by atoms with E-state index in [0.717, 1.165) is 10.6 Å². The lowest BCUT2D eigenvalue weighted by molar-refractivity contribution is -0.116. The van der Waals surface area contributed by atoms with Crippen LogP contribution in [-0.2, 0) is 21.4 Å². The Morgan fingerprint density at radius 1 is 1.15 bits per heavy atom. The molecule has 1 heterocycles. The maximum absolute atomic E-state index is 13.1. The normalized spacial score (nSPS) is 12.0. The standard InChI is InChI=1S/C23H24ClN3O6S/c1-15(27(34(3,30)31)16-10-11-21(32-2)19(24)13-16)22(28)26-20-9-5-4-8-18(20)23(29)25-14-17-7-6-12-33-17/h4-13,15H,14H2,1-3H3,(H,25,29)(H,26,28). The lowest BCUT2D eigenvalue weighted by Crippen LogP contribution is -2.45. The molecule has 9 nitrogen and oxygen atoms in total. The molecule has 3 aromatic rings. The number of furan rings is 1. The Morgan fingerprint density at radius 2 is 1.88 bits per heavy atom. The van der Waals surface area contributed by atoms with E-state index >= 15 is 0 Å². The lowest BCUT2D eigenvalue weighted by Gasteiger charge is -2.28. The van der Waals surface area contributed by atoms with Gasteiger partial charge >= 0.3 is 0 Å². The number of nitrogens with one attached hydrogen (secondary N) is 2. The molecule has 34 heavy (non-hydrogen) atoms. The molecule has 180 valence electrons. The quantitative estimate of drug-likeness (QED) is 0.458. The number of amides is 2. The van der Waals surface area contributed by atoms with Crippen molar-refractivity contribution in [3.05, 3.63) is 77.2 Å². The van der Waals surface area contributed by atoms with Crippen molar-refractivity contribution in [1.29, 1.82) is 0 Å². The third kappa shape index (κ3) is 5.89. The second kappa shape index (κ2) is 10.6. The van der Waals surface area contributed by atoms with Crippen LogP contribution in [0.3, 0.4) is 0 Å². The second-order valence-corrected chi connectivity index (χ2v) is 9.62. The molecule has 0 saturated carbocycles. The number of halogens is 1. The highest BCUT2D eigenvalue weighted by atomic mass is 35.5. The number of anilines is 2. The highest BCUT2D eigenvalue weighted by Gasteiger charge is 2.30. The van der Waals surface area contributed by atoms with Gasteiger partial charge in [0.1, 0.15) is 17.6 Å². The number of sulfonamides is 1. The predicted molar refractivity (Wildman–Crippen MR) is 130 cm³/mol. The average molecular weight is 506 g/mol. The van der Waals surface area contributed by atoms with Crippen molar-refractivity contribution < 1.29 is 27.2 Å². The van der Waals surface area contributed by atoms with Gasteiger partial charge in [-0.2, -0.15) is 0 Å². The van der Waals surface area contributed by atoms with Crippen molar-refractivity contribution in [1.82, 2.24) is 5.32 Å². The molecule has 0 bridgehead atoms. The first-order chi connectivity index (χ1) is 16.1. The second-order valence-electron chi connectivity index (χ2n) is 7.35. The van der Waals surface area contributed by atoms with Crippen molar-refractivity contribution in [2.45, 2.75) is 19.5 Å². The van der Waals surface area contributed by atoms with Crippen LogP contribution in [0.15, 0.2) is 65.3 Å². The summed E-state index contributed by atoms with van der Waals surface area (Å²) in [6.07, 6.45) is 2.49. The minimum atomic E-state index is -3.87. The molecule has 2 amide bonds. The van der Waals surface area contributed by atoms with Crippen LogP contribution in [0.5, 0.6) is 5.75 Å². The average Bonchev–Trinajstić information content (AvgIpc) is 3.31. The number of benzene rings is 2. The van der Waals surface area contributed by atoms with Gasteiger partial charge < -0.3 is 19.8 Å². The van der Waals surface area contributed by atoms with Crippen molar-refractivity contribution >= 4 is 44.8 Å². The minimum Gasteiger partial charge on any atom is -0.495 e. The molecule has 0 aliphatic heterocycles. The molecule has 0 aliphatic carbocycles. The van der Waals surface area contributed by atoms with E-state index in [-0.39, 0.29) is 28.5 Å². The maximum atomic E-state index is 13.1. The number of carbonyl (C=O) groups excluding carboxylic acids is 2. The lowest BCUT2D eigenvalue weighted by atomic mass is 10.1. The van der Waals surface area contributed by atoms with E-state index in [2.05, 4.69) is 10.6 Å². The maximum Gasteiger partial charge on any atom is 0.253 e. The van der Waals surface area contributed by atoms with Gasteiger partial charge in [-0.1, -0.05) is 23.7 Å². The molecule has 0 aliphatic rings. The number of hydrogen-bond donors (Lipinski definition) is 2. The van der Waals surface area contributed by atoms with Crippen molar-refractivity contribution in [2.75, 3.05) is 23.0 Å². The summed E-state index contributed by atoms with van der Waals surface area (Å²) in [5, 5.41) is 5.57. The van der Waals surface area contributed by atoms with E-state index in [1.807, 2.05) is 0 Å². The Balaban J connectivity index is 1.82. The van der Waals surface area contributed by atoms with Gasteiger partial charge in [0, 0.05) is 0 Å². The van der Waals surface area contributed by atoms with Crippen molar-refractivity contribution in [3.8, 4) is 5.75 Å². The van der Waals surface area contributed by atoms with Gasteiger partial charge in [0.2, 0.25) is 15.9 Å². The summed E-state index contributed by atoms with van der Waals surface area (Å²) in [5.74, 6) is -0.124. The first kappa shape index (κ1) is 25.1. The molecule has 0 spiro atoms. The highest BCUT2D eigenvalue weighted by Crippen LogP contribution is 2.31. The Labute approximate surface area is 202 Å². The molecule has 2 aromatic carbocycles. The largest absolute Gasteiger partial charge is 0.495 e. The Hall–Kier alpha value is -3.50. The molecule has 0 fully saturated rings.